The third kappa shape index (κ3) is 4.68. The predicted molar refractivity (Wildman–Crippen MR) is 125 cm³/mol. The van der Waals surface area contributed by atoms with Crippen molar-refractivity contribution in [3.63, 3.8) is 0 Å². The van der Waals surface area contributed by atoms with Gasteiger partial charge in [0, 0.05) is 87.3 Å². The average molecular weight is 445 g/mol. The molecule has 0 unspecified atom stereocenters. The van der Waals surface area contributed by atoms with Crippen LogP contribution in [0, 0.1) is 0 Å². The number of pyridine rings is 1. The Labute approximate surface area is 193 Å². The van der Waals surface area contributed by atoms with Gasteiger partial charge in [-0.1, -0.05) is 6.07 Å². The smallest absolute Gasteiger partial charge is 0.274 e. The fraction of sp³-hybridized carbons (Fsp3) is 0.417. The maximum atomic E-state index is 13.0. The van der Waals surface area contributed by atoms with Crippen molar-refractivity contribution in [2.75, 3.05) is 51.2 Å². The Balaban J connectivity index is 1.46. The van der Waals surface area contributed by atoms with E-state index in [1.165, 1.54) is 6.20 Å². The summed E-state index contributed by atoms with van der Waals surface area (Å²) in [6.45, 7) is 5.11. The normalized spacial score (nSPS) is 19.5. The third-order valence-electron chi connectivity index (χ3n) is 6.44. The summed E-state index contributed by atoms with van der Waals surface area (Å²) >= 11 is 0. The lowest BCUT2D eigenvalue weighted by Gasteiger charge is -2.35. The van der Waals surface area contributed by atoms with Crippen LogP contribution in [0.4, 0.5) is 5.95 Å². The second kappa shape index (κ2) is 9.58. The van der Waals surface area contributed by atoms with Crippen molar-refractivity contribution in [1.29, 1.82) is 0 Å². The molecule has 9 nitrogen and oxygen atoms in total. The van der Waals surface area contributed by atoms with Crippen LogP contribution in [0.1, 0.15) is 34.9 Å². The van der Waals surface area contributed by atoms with Gasteiger partial charge in [-0.15, -0.1) is 0 Å². The van der Waals surface area contributed by atoms with Crippen LogP contribution in [0.5, 0.6) is 0 Å². The third-order valence-corrected chi connectivity index (χ3v) is 6.44. The molecule has 2 aliphatic rings. The molecular weight excluding hydrogens is 416 g/mol. The van der Waals surface area contributed by atoms with Gasteiger partial charge in [0.15, 0.2) is 0 Å². The Hall–Kier alpha value is -3.46. The number of aromatic nitrogens is 5. The van der Waals surface area contributed by atoms with E-state index in [2.05, 4.69) is 31.8 Å². The van der Waals surface area contributed by atoms with Gasteiger partial charge in [-0.2, -0.15) is 0 Å². The first-order valence-electron chi connectivity index (χ1n) is 11.4. The van der Waals surface area contributed by atoms with Crippen molar-refractivity contribution in [2.24, 2.45) is 0 Å². The van der Waals surface area contributed by atoms with Crippen molar-refractivity contribution in [3.8, 4) is 11.1 Å². The molecule has 5 heterocycles. The molecule has 1 atom stereocenters. The predicted octanol–water partition coefficient (Wildman–Crippen LogP) is 2.10. The number of rotatable bonds is 4. The Morgan fingerprint density at radius 1 is 0.970 bits per heavy atom. The lowest BCUT2D eigenvalue weighted by atomic mass is 9.90. The van der Waals surface area contributed by atoms with Gasteiger partial charge in [0.05, 0.1) is 11.9 Å². The Morgan fingerprint density at radius 2 is 1.82 bits per heavy atom. The van der Waals surface area contributed by atoms with Crippen LogP contribution in [0.25, 0.3) is 11.1 Å². The molecule has 2 saturated heterocycles. The number of piperidine rings is 1. The number of likely N-dealkylation sites (tertiary alicyclic amines) is 1. The number of carbonyl (C=O) groups excluding carboxylic acids is 1. The van der Waals surface area contributed by atoms with E-state index < -0.39 is 0 Å². The maximum absolute atomic E-state index is 13.0. The molecule has 2 fully saturated rings. The van der Waals surface area contributed by atoms with Crippen LogP contribution >= 0.6 is 0 Å². The van der Waals surface area contributed by atoms with Crippen molar-refractivity contribution in [1.82, 2.24) is 34.7 Å². The molecule has 0 radical (unpaired) electrons. The SMILES string of the molecule is CN1CCN(c2ncc(-c3cccnc3)c([C@@H]3CCCN(C(=O)c4cnccn4)C3)n2)CC1. The summed E-state index contributed by atoms with van der Waals surface area (Å²) in [7, 11) is 2.14. The molecule has 0 spiro atoms. The number of nitrogens with zero attached hydrogens (tertiary/aromatic N) is 8. The summed E-state index contributed by atoms with van der Waals surface area (Å²) in [5.41, 5.74) is 3.35. The minimum Gasteiger partial charge on any atom is -0.338 e. The maximum Gasteiger partial charge on any atom is 0.274 e. The Morgan fingerprint density at radius 3 is 2.58 bits per heavy atom. The zero-order chi connectivity index (χ0) is 22.6. The highest BCUT2D eigenvalue weighted by molar-refractivity contribution is 5.92. The summed E-state index contributed by atoms with van der Waals surface area (Å²) < 4.78 is 0. The van der Waals surface area contributed by atoms with Crippen LogP contribution in [0.3, 0.4) is 0 Å². The minimum absolute atomic E-state index is 0.0796. The molecule has 5 rings (SSSR count). The van der Waals surface area contributed by atoms with Crippen molar-refractivity contribution in [3.05, 3.63) is 60.7 Å². The van der Waals surface area contributed by atoms with Crippen LogP contribution in [-0.4, -0.2) is 86.9 Å². The van der Waals surface area contributed by atoms with E-state index in [0.29, 0.717) is 18.8 Å². The second-order valence-corrected chi connectivity index (χ2v) is 8.68. The largest absolute Gasteiger partial charge is 0.338 e. The van der Waals surface area contributed by atoms with Gasteiger partial charge < -0.3 is 14.7 Å². The minimum atomic E-state index is -0.0796. The number of hydrogen-bond acceptors (Lipinski definition) is 8. The summed E-state index contributed by atoms with van der Waals surface area (Å²) in [5.74, 6) is 0.802. The molecule has 9 heteroatoms. The summed E-state index contributed by atoms with van der Waals surface area (Å²) in [4.78, 5) is 41.9. The standard InChI is InChI=1S/C24H28N8O/c1-30-10-12-31(13-11-30)24-28-15-20(18-4-2-6-25-14-18)22(29-24)19-5-3-9-32(17-19)23(33)21-16-26-7-8-27-21/h2,4,6-8,14-16,19H,3,5,9-13,17H2,1H3/t19-/m1/s1. The van der Waals surface area contributed by atoms with E-state index in [-0.39, 0.29) is 11.8 Å². The number of piperazine rings is 1. The van der Waals surface area contributed by atoms with Crippen LogP contribution < -0.4 is 4.90 Å². The summed E-state index contributed by atoms with van der Waals surface area (Å²) in [5, 5.41) is 0. The van der Waals surface area contributed by atoms with Gasteiger partial charge in [-0.05, 0) is 26.0 Å². The zero-order valence-electron chi connectivity index (χ0n) is 18.8. The van der Waals surface area contributed by atoms with Gasteiger partial charge in [-0.25, -0.2) is 15.0 Å². The van der Waals surface area contributed by atoms with E-state index in [0.717, 1.165) is 61.8 Å². The lowest BCUT2D eigenvalue weighted by Crippen LogP contribution is -2.45. The van der Waals surface area contributed by atoms with E-state index in [1.807, 2.05) is 29.4 Å². The number of anilines is 1. The fourth-order valence-corrected chi connectivity index (χ4v) is 4.56. The monoisotopic (exact) mass is 444 g/mol. The lowest BCUT2D eigenvalue weighted by molar-refractivity contribution is 0.0699. The van der Waals surface area contributed by atoms with Crippen molar-refractivity contribution in [2.45, 2.75) is 18.8 Å². The van der Waals surface area contributed by atoms with E-state index >= 15 is 0 Å². The first-order chi connectivity index (χ1) is 16.2. The topological polar surface area (TPSA) is 91.2 Å². The molecule has 3 aromatic rings. The van der Waals surface area contributed by atoms with Crippen LogP contribution in [-0.2, 0) is 0 Å². The molecule has 0 aromatic carbocycles. The first kappa shape index (κ1) is 21.4. The first-order valence-corrected chi connectivity index (χ1v) is 11.4. The summed E-state index contributed by atoms with van der Waals surface area (Å²) in [6, 6.07) is 3.97. The highest BCUT2D eigenvalue weighted by atomic mass is 16.2. The van der Waals surface area contributed by atoms with Gasteiger partial charge in [0.1, 0.15) is 5.69 Å². The highest BCUT2D eigenvalue weighted by Crippen LogP contribution is 2.34. The Kier molecular flexibility index (Phi) is 6.21. The van der Waals surface area contributed by atoms with Crippen LogP contribution in [0.15, 0.2) is 49.3 Å². The molecule has 33 heavy (non-hydrogen) atoms. The zero-order valence-corrected chi connectivity index (χ0v) is 18.8. The van der Waals surface area contributed by atoms with Crippen LogP contribution in [0.2, 0.25) is 0 Å². The van der Waals surface area contributed by atoms with E-state index in [9.17, 15) is 4.79 Å². The fourth-order valence-electron chi connectivity index (χ4n) is 4.56. The molecular formula is C24H28N8O. The molecule has 170 valence electrons. The van der Waals surface area contributed by atoms with Gasteiger partial charge in [0.2, 0.25) is 5.95 Å². The number of likely N-dealkylation sites (N-methyl/N-ethyl adjacent to an activating group) is 1. The molecule has 1 amide bonds. The van der Waals surface area contributed by atoms with E-state index in [1.54, 1.807) is 18.6 Å². The number of carbonyl (C=O) groups is 1. The quantitative estimate of drug-likeness (QED) is 0.604. The number of hydrogen-bond donors (Lipinski definition) is 0. The van der Waals surface area contributed by atoms with Gasteiger partial charge >= 0.3 is 0 Å². The Bertz CT molecular complexity index is 1090. The van der Waals surface area contributed by atoms with Gasteiger partial charge in [-0.3, -0.25) is 14.8 Å². The molecule has 0 bridgehead atoms. The molecule has 0 saturated carbocycles. The highest BCUT2D eigenvalue weighted by Gasteiger charge is 2.30. The second-order valence-electron chi connectivity index (χ2n) is 8.68. The van der Waals surface area contributed by atoms with Crippen molar-refractivity contribution < 1.29 is 4.79 Å². The molecule has 3 aromatic heterocycles. The van der Waals surface area contributed by atoms with E-state index in [4.69, 9.17) is 9.97 Å². The van der Waals surface area contributed by atoms with Gasteiger partial charge in [0.25, 0.3) is 5.91 Å². The number of amides is 1. The molecule has 0 aliphatic carbocycles. The molecule has 0 N–H and O–H groups in total. The average Bonchev–Trinajstić information content (AvgIpc) is 2.89. The molecule has 2 aliphatic heterocycles. The summed E-state index contributed by atoms with van der Waals surface area (Å²) in [6.07, 6.45) is 12.1. The van der Waals surface area contributed by atoms with Crippen molar-refractivity contribution >= 4 is 11.9 Å².